The Morgan fingerprint density at radius 3 is 3.00 bits per heavy atom. The van der Waals surface area contributed by atoms with Crippen molar-refractivity contribution in [1.29, 1.82) is 0 Å². The number of likely N-dealkylation sites (tertiary alicyclic amines) is 1. The van der Waals surface area contributed by atoms with Gasteiger partial charge in [-0.1, -0.05) is 12.5 Å². The third-order valence-corrected chi connectivity index (χ3v) is 2.38. The van der Waals surface area contributed by atoms with Crippen LogP contribution in [-0.2, 0) is 0 Å². The maximum absolute atomic E-state index is 5.65. The fraction of sp³-hybridized carbons (Fsp3) is 0.778. The molecule has 11 heavy (non-hydrogen) atoms. The Kier molecular flexibility index (Phi) is 3.60. The lowest BCUT2D eigenvalue weighted by molar-refractivity contribution is 0.170. The summed E-state index contributed by atoms with van der Waals surface area (Å²) in [4.78, 5) is 2.43. The van der Waals surface area contributed by atoms with E-state index in [-0.39, 0.29) is 0 Å². The molecule has 0 aliphatic carbocycles. The van der Waals surface area contributed by atoms with Crippen LogP contribution in [0.15, 0.2) is 12.7 Å². The van der Waals surface area contributed by atoms with Gasteiger partial charge in [-0.3, -0.25) is 4.90 Å². The summed E-state index contributed by atoms with van der Waals surface area (Å²) in [6, 6.07) is 0.613. The minimum absolute atomic E-state index is 0.613. The van der Waals surface area contributed by atoms with Crippen molar-refractivity contribution in [2.75, 3.05) is 19.6 Å². The summed E-state index contributed by atoms with van der Waals surface area (Å²) in [5.74, 6) is 0. The van der Waals surface area contributed by atoms with Crippen molar-refractivity contribution < 1.29 is 0 Å². The molecule has 0 aromatic carbocycles. The predicted molar refractivity (Wildman–Crippen MR) is 48.5 cm³/mol. The fourth-order valence-electron chi connectivity index (χ4n) is 1.73. The van der Waals surface area contributed by atoms with Crippen LogP contribution in [0.4, 0.5) is 0 Å². The molecule has 0 unspecified atom stereocenters. The van der Waals surface area contributed by atoms with Crippen molar-refractivity contribution in [1.82, 2.24) is 4.90 Å². The molecule has 0 amide bonds. The molecule has 0 spiro atoms. The first kappa shape index (κ1) is 8.75. The van der Waals surface area contributed by atoms with E-state index >= 15 is 0 Å². The highest BCUT2D eigenvalue weighted by atomic mass is 15.2. The average molecular weight is 154 g/mol. The first-order chi connectivity index (χ1) is 5.38. The lowest BCUT2D eigenvalue weighted by Gasteiger charge is -2.33. The number of nitrogens with two attached hydrogens (primary N) is 1. The van der Waals surface area contributed by atoms with Gasteiger partial charge in [-0.25, -0.2) is 0 Å². The number of rotatable bonds is 3. The van der Waals surface area contributed by atoms with Gasteiger partial charge in [0.1, 0.15) is 0 Å². The van der Waals surface area contributed by atoms with Crippen LogP contribution < -0.4 is 5.73 Å². The minimum atomic E-state index is 0.613. The van der Waals surface area contributed by atoms with E-state index in [2.05, 4.69) is 11.5 Å². The topological polar surface area (TPSA) is 29.3 Å². The van der Waals surface area contributed by atoms with Crippen LogP contribution >= 0.6 is 0 Å². The summed E-state index contributed by atoms with van der Waals surface area (Å²) in [6.45, 7) is 6.74. The number of nitrogens with zero attached hydrogens (tertiary/aromatic N) is 1. The van der Waals surface area contributed by atoms with Gasteiger partial charge in [0.25, 0.3) is 0 Å². The number of piperidine rings is 1. The van der Waals surface area contributed by atoms with Crippen molar-refractivity contribution in [3.05, 3.63) is 12.7 Å². The Labute approximate surface area is 69.1 Å². The first-order valence-electron chi connectivity index (χ1n) is 4.43. The van der Waals surface area contributed by atoms with E-state index in [4.69, 9.17) is 5.73 Å². The van der Waals surface area contributed by atoms with Crippen molar-refractivity contribution >= 4 is 0 Å². The largest absolute Gasteiger partial charge is 0.329 e. The molecule has 0 radical (unpaired) electrons. The summed E-state index contributed by atoms with van der Waals surface area (Å²) >= 11 is 0. The molecule has 2 nitrogen and oxygen atoms in total. The van der Waals surface area contributed by atoms with Gasteiger partial charge in [0, 0.05) is 19.1 Å². The van der Waals surface area contributed by atoms with Gasteiger partial charge in [0.05, 0.1) is 0 Å². The molecule has 1 rings (SSSR count). The summed E-state index contributed by atoms with van der Waals surface area (Å²) in [7, 11) is 0. The Morgan fingerprint density at radius 2 is 2.36 bits per heavy atom. The Balaban J connectivity index is 2.37. The SMILES string of the molecule is C=CCN1CCCC[C@@H]1CN. The molecule has 1 heterocycles. The zero-order chi connectivity index (χ0) is 8.10. The second-order valence-corrected chi connectivity index (χ2v) is 3.17. The lowest BCUT2D eigenvalue weighted by Crippen LogP contribution is -2.43. The van der Waals surface area contributed by atoms with Gasteiger partial charge in [0.15, 0.2) is 0 Å². The van der Waals surface area contributed by atoms with Crippen LogP contribution in [0.2, 0.25) is 0 Å². The van der Waals surface area contributed by atoms with Crippen LogP contribution in [0.5, 0.6) is 0 Å². The van der Waals surface area contributed by atoms with E-state index < -0.39 is 0 Å². The monoisotopic (exact) mass is 154 g/mol. The average Bonchev–Trinajstić information content (AvgIpc) is 2.06. The van der Waals surface area contributed by atoms with Gasteiger partial charge in [-0.15, -0.1) is 6.58 Å². The maximum Gasteiger partial charge on any atom is 0.0221 e. The molecule has 0 aromatic heterocycles. The summed E-state index contributed by atoms with van der Waals surface area (Å²) in [6.07, 6.45) is 5.90. The molecule has 1 saturated heterocycles. The lowest BCUT2D eigenvalue weighted by atomic mass is 10.0. The Hall–Kier alpha value is -0.340. The zero-order valence-corrected chi connectivity index (χ0v) is 7.13. The summed E-state index contributed by atoms with van der Waals surface area (Å²) in [5, 5.41) is 0. The second-order valence-electron chi connectivity index (χ2n) is 3.17. The first-order valence-corrected chi connectivity index (χ1v) is 4.43. The molecule has 64 valence electrons. The van der Waals surface area contributed by atoms with Crippen LogP contribution in [0, 0.1) is 0 Å². The van der Waals surface area contributed by atoms with E-state index in [1.54, 1.807) is 0 Å². The highest BCUT2D eigenvalue weighted by Gasteiger charge is 2.18. The van der Waals surface area contributed by atoms with Crippen molar-refractivity contribution in [3.8, 4) is 0 Å². The minimum Gasteiger partial charge on any atom is -0.329 e. The van der Waals surface area contributed by atoms with Crippen molar-refractivity contribution in [3.63, 3.8) is 0 Å². The van der Waals surface area contributed by atoms with E-state index in [0.29, 0.717) is 6.04 Å². The van der Waals surface area contributed by atoms with Crippen LogP contribution in [-0.4, -0.2) is 30.6 Å². The summed E-state index contributed by atoms with van der Waals surface area (Å²) < 4.78 is 0. The molecular weight excluding hydrogens is 136 g/mol. The van der Waals surface area contributed by atoms with Crippen molar-refractivity contribution in [2.24, 2.45) is 5.73 Å². The second kappa shape index (κ2) is 4.52. The molecule has 2 N–H and O–H groups in total. The molecule has 0 saturated carbocycles. The molecule has 1 aliphatic heterocycles. The van der Waals surface area contributed by atoms with Gasteiger partial charge in [-0.2, -0.15) is 0 Å². The maximum atomic E-state index is 5.65. The molecule has 1 fully saturated rings. The van der Waals surface area contributed by atoms with Crippen molar-refractivity contribution in [2.45, 2.75) is 25.3 Å². The molecular formula is C9H18N2. The van der Waals surface area contributed by atoms with Crippen LogP contribution in [0.3, 0.4) is 0 Å². The molecule has 1 aliphatic rings. The highest BCUT2D eigenvalue weighted by molar-refractivity contribution is 4.82. The van der Waals surface area contributed by atoms with Gasteiger partial charge in [-0.05, 0) is 19.4 Å². The Bertz CT molecular complexity index is 123. The molecule has 2 heteroatoms. The third kappa shape index (κ3) is 2.31. The highest BCUT2D eigenvalue weighted by Crippen LogP contribution is 2.15. The quantitative estimate of drug-likeness (QED) is 0.614. The third-order valence-electron chi connectivity index (χ3n) is 2.38. The standard InChI is InChI=1S/C9H18N2/c1-2-6-11-7-4-3-5-9(11)8-10/h2,9H,1,3-8,10H2/t9-/m1/s1. The van der Waals surface area contributed by atoms with E-state index in [1.165, 1.54) is 25.8 Å². The number of hydrogen-bond acceptors (Lipinski definition) is 2. The van der Waals surface area contributed by atoms with Crippen LogP contribution in [0.25, 0.3) is 0 Å². The number of hydrogen-bond donors (Lipinski definition) is 1. The smallest absolute Gasteiger partial charge is 0.0221 e. The fourth-order valence-corrected chi connectivity index (χ4v) is 1.73. The van der Waals surface area contributed by atoms with E-state index in [0.717, 1.165) is 13.1 Å². The zero-order valence-electron chi connectivity index (χ0n) is 7.13. The van der Waals surface area contributed by atoms with Gasteiger partial charge in [0.2, 0.25) is 0 Å². The molecule has 0 bridgehead atoms. The predicted octanol–water partition coefficient (Wildman–Crippen LogP) is 0.986. The van der Waals surface area contributed by atoms with E-state index in [9.17, 15) is 0 Å². The molecule has 1 atom stereocenters. The Morgan fingerprint density at radius 1 is 1.55 bits per heavy atom. The van der Waals surface area contributed by atoms with E-state index in [1.807, 2.05) is 6.08 Å². The molecule has 0 aromatic rings. The summed E-state index contributed by atoms with van der Waals surface area (Å²) in [5.41, 5.74) is 5.65. The van der Waals surface area contributed by atoms with Gasteiger partial charge < -0.3 is 5.73 Å². The van der Waals surface area contributed by atoms with Crippen LogP contribution in [0.1, 0.15) is 19.3 Å². The normalized spacial score (nSPS) is 26.8. The van der Waals surface area contributed by atoms with Gasteiger partial charge >= 0.3 is 0 Å².